The van der Waals surface area contributed by atoms with Gasteiger partial charge in [0.2, 0.25) is 0 Å². The van der Waals surface area contributed by atoms with Crippen molar-refractivity contribution in [3.8, 4) is 0 Å². The third kappa shape index (κ3) is 2.58. The molecular weight excluding hydrogens is 202 g/mol. The van der Waals surface area contributed by atoms with Crippen LogP contribution in [0.5, 0.6) is 0 Å². The third-order valence-electron chi connectivity index (χ3n) is 2.52. The van der Waals surface area contributed by atoms with E-state index in [1.54, 1.807) is 12.5 Å². The fraction of sp³-hybridized carbons (Fsp3) is 0.500. The Bertz CT molecular complexity index is 351. The van der Waals surface area contributed by atoms with Crippen molar-refractivity contribution >= 4 is 0 Å². The maximum atomic E-state index is 5.60. The van der Waals surface area contributed by atoms with Gasteiger partial charge in [-0.25, -0.2) is 9.97 Å². The smallest absolute Gasteiger partial charge is 0.115 e. The van der Waals surface area contributed by atoms with Crippen molar-refractivity contribution in [2.24, 2.45) is 0 Å². The first-order chi connectivity index (χ1) is 7.92. The first kappa shape index (κ1) is 11.1. The number of nitrogens with zero attached hydrogens (tertiary/aromatic N) is 2. The Kier molecular flexibility index (Phi) is 3.88. The van der Waals surface area contributed by atoms with Gasteiger partial charge in [0.15, 0.2) is 0 Å². The zero-order chi connectivity index (χ0) is 11.2. The summed E-state index contributed by atoms with van der Waals surface area (Å²) in [5, 5.41) is 3.44. The summed E-state index contributed by atoms with van der Waals surface area (Å²) in [6, 6.07) is 2.00. The van der Waals surface area contributed by atoms with Crippen LogP contribution in [0.25, 0.3) is 0 Å². The Morgan fingerprint density at radius 3 is 3.12 bits per heavy atom. The third-order valence-corrected chi connectivity index (χ3v) is 2.52. The minimum atomic E-state index is 0.0745. The molecule has 1 aromatic heterocycles. The molecule has 0 fully saturated rings. The van der Waals surface area contributed by atoms with E-state index in [9.17, 15) is 0 Å². The Balaban J connectivity index is 2.14. The van der Waals surface area contributed by atoms with Crippen LogP contribution in [-0.4, -0.2) is 23.1 Å². The average Bonchev–Trinajstić information content (AvgIpc) is 2.85. The molecule has 1 unspecified atom stereocenters. The highest BCUT2D eigenvalue weighted by Gasteiger charge is 2.20. The molecule has 0 bridgehead atoms. The standard InChI is InChI=1S/C12H17N3O/c1-2-6-14-12(11-4-3-8-16-11)10-5-7-13-9-15-10/h4-5,7,9,12,14H,2-3,6,8H2,1H3. The van der Waals surface area contributed by atoms with E-state index in [0.717, 1.165) is 37.4 Å². The van der Waals surface area contributed by atoms with Gasteiger partial charge in [-0.1, -0.05) is 6.92 Å². The molecule has 0 spiro atoms. The normalized spacial score (nSPS) is 16.7. The minimum Gasteiger partial charge on any atom is -0.496 e. The van der Waals surface area contributed by atoms with E-state index in [1.165, 1.54) is 0 Å². The van der Waals surface area contributed by atoms with E-state index in [4.69, 9.17) is 4.74 Å². The van der Waals surface area contributed by atoms with Crippen LogP contribution in [0.15, 0.2) is 30.4 Å². The Labute approximate surface area is 95.8 Å². The van der Waals surface area contributed by atoms with Crippen LogP contribution >= 0.6 is 0 Å². The summed E-state index contributed by atoms with van der Waals surface area (Å²) in [5.41, 5.74) is 0.969. The van der Waals surface area contributed by atoms with E-state index in [1.807, 2.05) is 6.07 Å². The Morgan fingerprint density at radius 1 is 1.56 bits per heavy atom. The van der Waals surface area contributed by atoms with E-state index < -0.39 is 0 Å². The fourth-order valence-electron chi connectivity index (χ4n) is 1.75. The highest BCUT2D eigenvalue weighted by molar-refractivity contribution is 5.18. The maximum absolute atomic E-state index is 5.60. The van der Waals surface area contributed by atoms with Gasteiger partial charge in [-0.15, -0.1) is 0 Å². The first-order valence-corrected chi connectivity index (χ1v) is 5.74. The molecule has 0 saturated heterocycles. The van der Waals surface area contributed by atoms with Gasteiger partial charge in [-0.3, -0.25) is 0 Å². The molecule has 2 heterocycles. The minimum absolute atomic E-state index is 0.0745. The highest BCUT2D eigenvalue weighted by Crippen LogP contribution is 2.24. The zero-order valence-corrected chi connectivity index (χ0v) is 9.52. The first-order valence-electron chi connectivity index (χ1n) is 5.74. The van der Waals surface area contributed by atoms with Crippen LogP contribution in [0, 0.1) is 0 Å². The largest absolute Gasteiger partial charge is 0.496 e. The lowest BCUT2D eigenvalue weighted by Gasteiger charge is -2.18. The molecule has 0 saturated carbocycles. The molecular formula is C12H17N3O. The number of rotatable bonds is 5. The fourth-order valence-corrected chi connectivity index (χ4v) is 1.75. The number of aromatic nitrogens is 2. The molecule has 16 heavy (non-hydrogen) atoms. The summed E-state index contributed by atoms with van der Waals surface area (Å²) in [6.07, 6.45) is 7.55. The molecule has 0 aromatic carbocycles. The van der Waals surface area contributed by atoms with E-state index in [2.05, 4.69) is 28.3 Å². The highest BCUT2D eigenvalue weighted by atomic mass is 16.5. The van der Waals surface area contributed by atoms with Crippen molar-refractivity contribution < 1.29 is 4.74 Å². The molecule has 2 rings (SSSR count). The van der Waals surface area contributed by atoms with E-state index in [-0.39, 0.29) is 6.04 Å². The maximum Gasteiger partial charge on any atom is 0.115 e. The molecule has 1 atom stereocenters. The molecule has 4 heteroatoms. The van der Waals surface area contributed by atoms with Gasteiger partial charge in [0.05, 0.1) is 12.3 Å². The van der Waals surface area contributed by atoms with Gasteiger partial charge in [0.25, 0.3) is 0 Å². The quantitative estimate of drug-likeness (QED) is 0.820. The van der Waals surface area contributed by atoms with Crippen molar-refractivity contribution in [3.05, 3.63) is 36.1 Å². The zero-order valence-electron chi connectivity index (χ0n) is 9.52. The predicted octanol–water partition coefficient (Wildman–Crippen LogP) is 1.82. The molecule has 86 valence electrons. The van der Waals surface area contributed by atoms with Gasteiger partial charge >= 0.3 is 0 Å². The number of hydrogen-bond acceptors (Lipinski definition) is 4. The summed E-state index contributed by atoms with van der Waals surface area (Å²) >= 11 is 0. The van der Waals surface area contributed by atoms with Gasteiger partial charge in [0.1, 0.15) is 18.1 Å². The summed E-state index contributed by atoms with van der Waals surface area (Å²) in [6.45, 7) is 3.88. The molecule has 0 amide bonds. The second kappa shape index (κ2) is 5.61. The Hall–Kier alpha value is -1.42. The summed E-state index contributed by atoms with van der Waals surface area (Å²) in [5.74, 6) is 0.993. The topological polar surface area (TPSA) is 47.0 Å². The van der Waals surface area contributed by atoms with Crippen LogP contribution in [0.3, 0.4) is 0 Å². The number of hydrogen-bond donors (Lipinski definition) is 1. The molecule has 1 aromatic rings. The average molecular weight is 219 g/mol. The van der Waals surface area contributed by atoms with Gasteiger partial charge in [-0.05, 0) is 25.1 Å². The van der Waals surface area contributed by atoms with E-state index in [0.29, 0.717) is 0 Å². The lowest BCUT2D eigenvalue weighted by atomic mass is 10.1. The van der Waals surface area contributed by atoms with Gasteiger partial charge < -0.3 is 10.1 Å². The molecule has 0 radical (unpaired) electrons. The van der Waals surface area contributed by atoms with Crippen molar-refractivity contribution in [1.29, 1.82) is 0 Å². The summed E-state index contributed by atoms with van der Waals surface area (Å²) < 4.78 is 5.60. The molecule has 0 aliphatic carbocycles. The number of nitrogens with one attached hydrogen (secondary N) is 1. The SMILES string of the molecule is CCCNC(C1=CCCO1)c1ccncn1. The Morgan fingerprint density at radius 2 is 2.50 bits per heavy atom. The predicted molar refractivity (Wildman–Crippen MR) is 61.7 cm³/mol. The lowest BCUT2D eigenvalue weighted by Crippen LogP contribution is -2.25. The molecule has 4 nitrogen and oxygen atoms in total. The van der Waals surface area contributed by atoms with Crippen molar-refractivity contribution in [2.75, 3.05) is 13.2 Å². The van der Waals surface area contributed by atoms with Crippen LogP contribution in [0.2, 0.25) is 0 Å². The summed E-state index contributed by atoms with van der Waals surface area (Å²) in [7, 11) is 0. The van der Waals surface area contributed by atoms with Crippen LogP contribution < -0.4 is 5.32 Å². The lowest BCUT2D eigenvalue weighted by molar-refractivity contribution is 0.214. The summed E-state index contributed by atoms with van der Waals surface area (Å²) in [4.78, 5) is 8.22. The van der Waals surface area contributed by atoms with Crippen molar-refractivity contribution in [3.63, 3.8) is 0 Å². The van der Waals surface area contributed by atoms with Crippen molar-refractivity contribution in [2.45, 2.75) is 25.8 Å². The van der Waals surface area contributed by atoms with Crippen LogP contribution in [0.4, 0.5) is 0 Å². The van der Waals surface area contributed by atoms with Crippen LogP contribution in [-0.2, 0) is 4.74 Å². The van der Waals surface area contributed by atoms with Gasteiger partial charge in [0, 0.05) is 12.6 Å². The molecule has 1 N–H and O–H groups in total. The second-order valence-corrected chi connectivity index (χ2v) is 3.77. The second-order valence-electron chi connectivity index (χ2n) is 3.77. The number of ether oxygens (including phenoxy) is 1. The monoisotopic (exact) mass is 219 g/mol. The van der Waals surface area contributed by atoms with Crippen LogP contribution in [0.1, 0.15) is 31.5 Å². The molecule has 1 aliphatic rings. The molecule has 1 aliphatic heterocycles. The van der Waals surface area contributed by atoms with Gasteiger partial charge in [-0.2, -0.15) is 0 Å². The van der Waals surface area contributed by atoms with E-state index >= 15 is 0 Å². The van der Waals surface area contributed by atoms with Crippen molar-refractivity contribution in [1.82, 2.24) is 15.3 Å².